The minimum Gasteiger partial charge on any atom is -0.325 e. The highest BCUT2D eigenvalue weighted by molar-refractivity contribution is 9.10. The highest BCUT2D eigenvalue weighted by Gasteiger charge is 2.49. The van der Waals surface area contributed by atoms with E-state index in [9.17, 15) is 14.4 Å². The van der Waals surface area contributed by atoms with E-state index in [2.05, 4.69) is 26.6 Å². The van der Waals surface area contributed by atoms with Crippen molar-refractivity contribution in [3.8, 4) is 0 Å². The molecule has 2 aromatic rings. The molecule has 0 radical (unpaired) electrons. The van der Waals surface area contributed by atoms with Crippen molar-refractivity contribution < 1.29 is 14.4 Å². The summed E-state index contributed by atoms with van der Waals surface area (Å²) < 4.78 is 0.800. The van der Waals surface area contributed by atoms with E-state index in [1.54, 1.807) is 31.2 Å². The van der Waals surface area contributed by atoms with E-state index in [0.29, 0.717) is 11.3 Å². The molecule has 2 N–H and O–H groups in total. The number of amides is 4. The standard InChI is InChI=1S/C20H20BrN3O3/c1-12-7-8-16(9-13(12)2)22-17(25)11-24-18(26)20(3,23-19(24)27)14-5-4-6-15(21)10-14/h4-10H,11H2,1-3H3,(H,22,25)(H,23,27). The van der Waals surface area contributed by atoms with Crippen LogP contribution in [0.2, 0.25) is 0 Å². The van der Waals surface area contributed by atoms with Crippen LogP contribution in [0.3, 0.4) is 0 Å². The second-order valence-electron chi connectivity index (χ2n) is 6.80. The Hall–Kier alpha value is -2.67. The summed E-state index contributed by atoms with van der Waals surface area (Å²) in [5.74, 6) is -0.888. The van der Waals surface area contributed by atoms with Crippen LogP contribution < -0.4 is 10.6 Å². The molecule has 1 aliphatic rings. The molecule has 1 aliphatic heterocycles. The highest BCUT2D eigenvalue weighted by Crippen LogP contribution is 2.30. The first kappa shape index (κ1) is 19.1. The quantitative estimate of drug-likeness (QED) is 0.730. The summed E-state index contributed by atoms with van der Waals surface area (Å²) in [6.45, 7) is 5.22. The molecule has 0 aliphatic carbocycles. The maximum atomic E-state index is 12.9. The summed E-state index contributed by atoms with van der Waals surface area (Å²) in [5, 5.41) is 5.43. The fourth-order valence-corrected chi connectivity index (χ4v) is 3.40. The summed E-state index contributed by atoms with van der Waals surface area (Å²) in [6, 6.07) is 12.1. The average molecular weight is 430 g/mol. The normalized spacial score (nSPS) is 19.2. The van der Waals surface area contributed by atoms with Gasteiger partial charge in [0.1, 0.15) is 12.1 Å². The first-order valence-corrected chi connectivity index (χ1v) is 9.27. The second-order valence-corrected chi connectivity index (χ2v) is 7.72. The molecule has 1 unspecified atom stereocenters. The van der Waals surface area contributed by atoms with Crippen LogP contribution in [0.25, 0.3) is 0 Å². The molecule has 140 valence electrons. The number of imide groups is 1. The molecule has 1 fully saturated rings. The number of nitrogens with one attached hydrogen (secondary N) is 2. The summed E-state index contributed by atoms with van der Waals surface area (Å²) in [5.41, 5.74) is 2.23. The third-order valence-electron chi connectivity index (χ3n) is 4.77. The van der Waals surface area contributed by atoms with E-state index in [-0.39, 0.29) is 6.54 Å². The van der Waals surface area contributed by atoms with Gasteiger partial charge in [-0.3, -0.25) is 14.5 Å². The summed E-state index contributed by atoms with van der Waals surface area (Å²) in [7, 11) is 0. The lowest BCUT2D eigenvalue weighted by atomic mass is 9.92. The van der Waals surface area contributed by atoms with Crippen LogP contribution >= 0.6 is 15.9 Å². The number of anilines is 1. The van der Waals surface area contributed by atoms with Gasteiger partial charge in [0, 0.05) is 10.2 Å². The zero-order valence-corrected chi connectivity index (χ0v) is 16.9. The molecule has 0 bridgehead atoms. The zero-order valence-electron chi connectivity index (χ0n) is 15.3. The van der Waals surface area contributed by atoms with Gasteiger partial charge in [0.25, 0.3) is 5.91 Å². The molecule has 1 atom stereocenters. The number of halogens is 1. The Bertz CT molecular complexity index is 944. The van der Waals surface area contributed by atoms with Gasteiger partial charge in [-0.25, -0.2) is 4.79 Å². The predicted octanol–water partition coefficient (Wildman–Crippen LogP) is 3.47. The smallest absolute Gasteiger partial charge is 0.325 e. The van der Waals surface area contributed by atoms with Crippen molar-refractivity contribution in [3.05, 3.63) is 63.6 Å². The van der Waals surface area contributed by atoms with E-state index in [1.165, 1.54) is 0 Å². The Morgan fingerprint density at radius 1 is 1.15 bits per heavy atom. The number of rotatable bonds is 4. The minimum absolute atomic E-state index is 0.346. The van der Waals surface area contributed by atoms with Crippen molar-refractivity contribution in [1.82, 2.24) is 10.2 Å². The number of hydrogen-bond donors (Lipinski definition) is 2. The number of nitrogens with zero attached hydrogens (tertiary/aromatic N) is 1. The third-order valence-corrected chi connectivity index (χ3v) is 5.26. The third kappa shape index (κ3) is 3.73. The predicted molar refractivity (Wildman–Crippen MR) is 106 cm³/mol. The molecular formula is C20H20BrN3O3. The van der Waals surface area contributed by atoms with E-state index in [0.717, 1.165) is 20.5 Å². The van der Waals surface area contributed by atoms with Crippen molar-refractivity contribution in [2.45, 2.75) is 26.3 Å². The topological polar surface area (TPSA) is 78.5 Å². The number of hydrogen-bond acceptors (Lipinski definition) is 3. The van der Waals surface area contributed by atoms with Gasteiger partial charge in [0.05, 0.1) is 0 Å². The molecule has 0 spiro atoms. The molecule has 0 saturated carbocycles. The van der Waals surface area contributed by atoms with Crippen LogP contribution in [0.1, 0.15) is 23.6 Å². The first-order valence-electron chi connectivity index (χ1n) is 8.48. The first-order chi connectivity index (χ1) is 12.7. The van der Waals surface area contributed by atoms with Crippen LogP contribution in [0.15, 0.2) is 46.9 Å². The molecule has 1 saturated heterocycles. The fourth-order valence-electron chi connectivity index (χ4n) is 3.00. The van der Waals surface area contributed by atoms with Crippen LogP contribution in [0.5, 0.6) is 0 Å². The maximum absolute atomic E-state index is 12.9. The van der Waals surface area contributed by atoms with Crippen molar-refractivity contribution in [1.29, 1.82) is 0 Å². The van der Waals surface area contributed by atoms with Crippen molar-refractivity contribution in [2.75, 3.05) is 11.9 Å². The van der Waals surface area contributed by atoms with E-state index >= 15 is 0 Å². The maximum Gasteiger partial charge on any atom is 0.325 e. The van der Waals surface area contributed by atoms with Gasteiger partial charge in [-0.2, -0.15) is 0 Å². The fraction of sp³-hybridized carbons (Fsp3) is 0.250. The van der Waals surface area contributed by atoms with Crippen molar-refractivity contribution in [2.24, 2.45) is 0 Å². The van der Waals surface area contributed by atoms with Crippen molar-refractivity contribution >= 4 is 39.5 Å². The number of carbonyl (C=O) groups excluding carboxylic acids is 3. The SMILES string of the molecule is Cc1ccc(NC(=O)CN2C(=O)NC(C)(c3cccc(Br)c3)C2=O)cc1C. The summed E-state index contributed by atoms with van der Waals surface area (Å²) >= 11 is 3.37. The van der Waals surface area contributed by atoms with Gasteiger partial charge in [-0.15, -0.1) is 0 Å². The Morgan fingerprint density at radius 2 is 1.89 bits per heavy atom. The number of aryl methyl sites for hydroxylation is 2. The summed E-state index contributed by atoms with van der Waals surface area (Å²) in [6.07, 6.45) is 0. The number of urea groups is 1. The second kappa shape index (κ2) is 7.15. The lowest BCUT2D eigenvalue weighted by molar-refractivity contribution is -0.133. The Labute approximate surface area is 166 Å². The van der Waals surface area contributed by atoms with Crippen molar-refractivity contribution in [3.63, 3.8) is 0 Å². The molecule has 6 nitrogen and oxygen atoms in total. The molecule has 27 heavy (non-hydrogen) atoms. The Morgan fingerprint density at radius 3 is 2.56 bits per heavy atom. The monoisotopic (exact) mass is 429 g/mol. The van der Waals surface area contributed by atoms with Gasteiger partial charge >= 0.3 is 6.03 Å². The van der Waals surface area contributed by atoms with Gasteiger partial charge in [0.2, 0.25) is 5.91 Å². The lowest BCUT2D eigenvalue weighted by Gasteiger charge is -2.22. The van der Waals surface area contributed by atoms with Gasteiger partial charge in [-0.1, -0.05) is 34.1 Å². The lowest BCUT2D eigenvalue weighted by Crippen LogP contribution is -2.42. The summed E-state index contributed by atoms with van der Waals surface area (Å²) in [4.78, 5) is 38.5. The van der Waals surface area contributed by atoms with Crippen LogP contribution in [0.4, 0.5) is 10.5 Å². The average Bonchev–Trinajstić information content (AvgIpc) is 2.82. The molecule has 4 amide bonds. The van der Waals surface area contributed by atoms with Crippen LogP contribution in [-0.2, 0) is 15.1 Å². The molecule has 0 aromatic heterocycles. The molecule has 1 heterocycles. The Kier molecular flexibility index (Phi) is 5.06. The molecule has 7 heteroatoms. The Balaban J connectivity index is 1.75. The van der Waals surface area contributed by atoms with E-state index < -0.39 is 23.4 Å². The largest absolute Gasteiger partial charge is 0.325 e. The number of benzene rings is 2. The number of carbonyl (C=O) groups is 3. The van der Waals surface area contributed by atoms with E-state index in [1.807, 2.05) is 32.0 Å². The molecule has 3 rings (SSSR count). The van der Waals surface area contributed by atoms with Crippen LogP contribution in [-0.4, -0.2) is 29.3 Å². The highest BCUT2D eigenvalue weighted by atomic mass is 79.9. The van der Waals surface area contributed by atoms with E-state index in [4.69, 9.17) is 0 Å². The van der Waals surface area contributed by atoms with Gasteiger partial charge < -0.3 is 10.6 Å². The zero-order chi connectivity index (χ0) is 19.8. The molecule has 2 aromatic carbocycles. The van der Waals surface area contributed by atoms with Gasteiger partial charge in [0.15, 0.2) is 0 Å². The van der Waals surface area contributed by atoms with Crippen LogP contribution in [0, 0.1) is 13.8 Å². The van der Waals surface area contributed by atoms with Gasteiger partial charge in [-0.05, 0) is 61.7 Å². The minimum atomic E-state index is -1.21. The molecular weight excluding hydrogens is 410 g/mol.